The van der Waals surface area contributed by atoms with Crippen molar-refractivity contribution in [3.63, 3.8) is 0 Å². The zero-order valence-electron chi connectivity index (χ0n) is 32.0. The maximum Gasteiger partial charge on any atom is 0.777 e. The number of hydrogen-bond donors (Lipinski definition) is 2. The number of phenols is 2. The van der Waals surface area contributed by atoms with Crippen molar-refractivity contribution < 1.29 is 38.4 Å². The smallest absolute Gasteiger partial charge is 0.611 e. The van der Waals surface area contributed by atoms with E-state index in [0.29, 0.717) is 77.9 Å². The van der Waals surface area contributed by atoms with Crippen LogP contribution >= 0.6 is 0 Å². The molecule has 58 heavy (non-hydrogen) atoms. The van der Waals surface area contributed by atoms with Crippen LogP contribution in [0.15, 0.2) is 97.1 Å². The van der Waals surface area contributed by atoms with E-state index in [9.17, 15) is 19.8 Å². The largest absolute Gasteiger partial charge is 0.777 e. The number of fused-ring (bicyclic) bond motifs is 8. The number of benzene rings is 8. The highest BCUT2D eigenvalue weighted by Crippen LogP contribution is 2.59. The molecule has 2 heterocycles. The van der Waals surface area contributed by atoms with Gasteiger partial charge in [0.05, 0.1) is 44.9 Å². The van der Waals surface area contributed by atoms with Gasteiger partial charge in [-0.1, -0.05) is 88.4 Å². The number of phenolic OH excluding ortho intramolecular Hbond substituents is 2. The molecule has 1 spiro atoms. The van der Waals surface area contributed by atoms with E-state index < -0.39 is 6.96 Å². The third kappa shape index (κ3) is 4.05. The first kappa shape index (κ1) is 33.2. The van der Waals surface area contributed by atoms with Crippen molar-refractivity contribution in [3.05, 3.63) is 130 Å². The maximum absolute atomic E-state index is 14.3. The summed E-state index contributed by atoms with van der Waals surface area (Å²) in [5.74, 6) is 1.19. The molecule has 9 heteroatoms. The van der Waals surface area contributed by atoms with Gasteiger partial charge in [-0.05, 0) is 87.3 Å². The summed E-state index contributed by atoms with van der Waals surface area (Å²) in [7, 11) is 0. The number of carbonyl (C=O) groups excluding carboxylic acids is 2. The van der Waals surface area contributed by atoms with Crippen LogP contribution in [0.4, 0.5) is 0 Å². The molecule has 0 saturated carbocycles. The Hall–Kier alpha value is -7.00. The lowest BCUT2D eigenvalue weighted by Gasteiger charge is -2.48. The van der Waals surface area contributed by atoms with Gasteiger partial charge in [0.25, 0.3) is 0 Å². The number of carbonyl (C=O) groups is 2. The summed E-state index contributed by atoms with van der Waals surface area (Å²) in [5.41, 5.74) is 5.50. The Labute approximate surface area is 332 Å². The lowest BCUT2D eigenvalue weighted by Crippen LogP contribution is -2.62. The predicted molar refractivity (Wildman–Crippen MR) is 225 cm³/mol. The Kier molecular flexibility index (Phi) is 6.35. The third-order valence-electron chi connectivity index (χ3n) is 12.8. The number of rotatable bonds is 3. The van der Waals surface area contributed by atoms with E-state index in [4.69, 9.17) is 18.6 Å². The Morgan fingerprint density at radius 2 is 0.948 bits per heavy atom. The molecule has 8 nitrogen and oxygen atoms in total. The van der Waals surface area contributed by atoms with Crippen molar-refractivity contribution in [1.82, 2.24) is 0 Å². The molecule has 282 valence electrons. The van der Waals surface area contributed by atoms with Gasteiger partial charge in [-0.15, -0.1) is 0 Å². The Balaban J connectivity index is 1.17. The van der Waals surface area contributed by atoms with Gasteiger partial charge < -0.3 is 28.8 Å². The third-order valence-corrected chi connectivity index (χ3v) is 12.8. The molecule has 0 radical (unpaired) electrons. The van der Waals surface area contributed by atoms with Crippen LogP contribution in [0.25, 0.3) is 65.3 Å². The van der Waals surface area contributed by atoms with E-state index in [1.54, 1.807) is 24.3 Å². The SMILES string of the molecule is CCC(C)c1cc(O)c2c(c1)-c1c3c4c(cccc4c4cccc(c14)C2=O)O[B-]1(Oc2cccc4c2c(c2c5c(cccc54)C(=O)c4c(O)cc(C(C)C)cc4-2)O1)O3. The van der Waals surface area contributed by atoms with Crippen molar-refractivity contribution in [1.29, 1.82) is 0 Å². The fourth-order valence-corrected chi connectivity index (χ4v) is 9.91. The number of hydrogen-bond acceptors (Lipinski definition) is 8. The van der Waals surface area contributed by atoms with Gasteiger partial charge >= 0.3 is 6.96 Å². The van der Waals surface area contributed by atoms with Gasteiger partial charge in [0.1, 0.15) is 11.5 Å². The molecule has 2 aliphatic heterocycles. The summed E-state index contributed by atoms with van der Waals surface area (Å²) in [6, 6.07) is 30.1. The van der Waals surface area contributed by atoms with E-state index in [1.807, 2.05) is 86.6 Å². The standard InChI is InChI=1S/C49H34BO8/c1-5-23(4)25-19-33-41(35(52)21-25)47(54)31-15-7-11-27-29-13-9-17-37-43(29)49(45(33)39(27)31)58-50(56-37)55-36-16-8-12-28-26-10-6-14-30-38(26)44(48(57-50)42(28)36)32-18-24(22(2)3)20-34(51)40(32)46(30)53/h6-23,51-52H,5H2,1-4H3/q-1. The predicted octanol–water partition coefficient (Wildman–Crippen LogP) is 11.4. The van der Waals surface area contributed by atoms with E-state index in [0.717, 1.165) is 39.1 Å². The van der Waals surface area contributed by atoms with Gasteiger partial charge in [0.15, 0.2) is 11.6 Å². The van der Waals surface area contributed by atoms with Crippen LogP contribution in [0, 0.1) is 0 Å². The molecule has 2 aliphatic carbocycles. The van der Waals surface area contributed by atoms with Gasteiger partial charge in [-0.25, -0.2) is 0 Å². The molecule has 0 bridgehead atoms. The topological polar surface area (TPSA) is 112 Å². The fourth-order valence-electron chi connectivity index (χ4n) is 9.91. The first-order valence-corrected chi connectivity index (χ1v) is 19.8. The van der Waals surface area contributed by atoms with Crippen LogP contribution in [-0.4, -0.2) is 28.7 Å². The Morgan fingerprint density at radius 1 is 0.517 bits per heavy atom. The molecule has 4 aliphatic rings. The molecular formula is C49H34BO8-. The minimum atomic E-state index is -3.18. The monoisotopic (exact) mass is 761 g/mol. The molecule has 8 aromatic rings. The molecular weight excluding hydrogens is 727 g/mol. The Bertz CT molecular complexity index is 3290. The molecule has 2 unspecified atom stereocenters. The summed E-state index contributed by atoms with van der Waals surface area (Å²) >= 11 is 0. The zero-order valence-corrected chi connectivity index (χ0v) is 32.0. The van der Waals surface area contributed by atoms with Crippen LogP contribution in [-0.2, 0) is 0 Å². The van der Waals surface area contributed by atoms with Crippen LogP contribution in [0.2, 0.25) is 0 Å². The van der Waals surface area contributed by atoms with Gasteiger partial charge in [-0.2, -0.15) is 0 Å². The molecule has 12 rings (SSSR count). The lowest BCUT2D eigenvalue weighted by atomic mass is 9.77. The van der Waals surface area contributed by atoms with Crippen molar-refractivity contribution in [2.45, 2.75) is 46.0 Å². The first-order chi connectivity index (χ1) is 28.1. The molecule has 0 amide bonds. The van der Waals surface area contributed by atoms with E-state index in [-0.39, 0.29) is 46.0 Å². The van der Waals surface area contributed by atoms with Gasteiger partial charge in [0.2, 0.25) is 0 Å². The van der Waals surface area contributed by atoms with E-state index >= 15 is 0 Å². The van der Waals surface area contributed by atoms with Crippen LogP contribution < -0.4 is 18.6 Å². The average Bonchev–Trinajstić information content (AvgIpc) is 3.21. The van der Waals surface area contributed by atoms with Crippen LogP contribution in [0.3, 0.4) is 0 Å². The summed E-state index contributed by atoms with van der Waals surface area (Å²) in [6.07, 6.45) is 0.833. The van der Waals surface area contributed by atoms with Crippen molar-refractivity contribution in [2.75, 3.05) is 0 Å². The first-order valence-electron chi connectivity index (χ1n) is 19.8. The van der Waals surface area contributed by atoms with Crippen LogP contribution in [0.1, 0.15) is 88.9 Å². The molecule has 8 aromatic carbocycles. The molecule has 0 aromatic heterocycles. The summed E-state index contributed by atoms with van der Waals surface area (Å²) < 4.78 is 28.0. The average molecular weight is 762 g/mol. The quantitative estimate of drug-likeness (QED) is 0.135. The van der Waals surface area contributed by atoms with Crippen LogP contribution in [0.5, 0.6) is 34.5 Å². The molecule has 2 N–H and O–H groups in total. The maximum atomic E-state index is 14.3. The fraction of sp³-hybridized carbons (Fsp3) is 0.143. The van der Waals surface area contributed by atoms with Crippen molar-refractivity contribution in [2.24, 2.45) is 0 Å². The highest BCUT2D eigenvalue weighted by atomic mass is 16.9. The zero-order chi connectivity index (χ0) is 39.5. The summed E-state index contributed by atoms with van der Waals surface area (Å²) in [5, 5.41) is 29.2. The minimum Gasteiger partial charge on any atom is -0.611 e. The lowest BCUT2D eigenvalue weighted by molar-refractivity contribution is 0.102. The second-order valence-corrected chi connectivity index (χ2v) is 16.3. The summed E-state index contributed by atoms with van der Waals surface area (Å²) in [4.78, 5) is 28.6. The highest BCUT2D eigenvalue weighted by Gasteiger charge is 2.51. The molecule has 0 saturated heterocycles. The normalized spacial score (nSPS) is 17.3. The second-order valence-electron chi connectivity index (χ2n) is 16.3. The molecule has 2 atom stereocenters. The number of ketones is 2. The van der Waals surface area contributed by atoms with Crippen molar-refractivity contribution in [3.8, 4) is 56.8 Å². The minimum absolute atomic E-state index is 0.0554. The van der Waals surface area contributed by atoms with Gasteiger partial charge in [-0.3, -0.25) is 9.59 Å². The van der Waals surface area contributed by atoms with Gasteiger partial charge in [0, 0.05) is 44.2 Å². The van der Waals surface area contributed by atoms with E-state index in [1.165, 1.54) is 0 Å². The van der Waals surface area contributed by atoms with Crippen molar-refractivity contribution >= 4 is 61.6 Å². The number of aromatic hydroxyl groups is 2. The second kappa shape index (κ2) is 11.1. The summed E-state index contributed by atoms with van der Waals surface area (Å²) in [6.45, 7) is 5.09. The Morgan fingerprint density at radius 3 is 1.41 bits per heavy atom. The highest BCUT2D eigenvalue weighted by molar-refractivity contribution is 6.60. The molecule has 0 fully saturated rings. The van der Waals surface area contributed by atoms with E-state index in [2.05, 4.69) is 13.8 Å².